The molecule has 0 aromatic heterocycles. The van der Waals surface area contributed by atoms with E-state index in [0.717, 1.165) is 69.7 Å². The summed E-state index contributed by atoms with van der Waals surface area (Å²) in [5.41, 5.74) is 1.77. The van der Waals surface area contributed by atoms with Crippen LogP contribution in [0.3, 0.4) is 0 Å². The van der Waals surface area contributed by atoms with Crippen molar-refractivity contribution >= 4 is 47.6 Å². The number of nitrogens with one attached hydrogen (secondary N) is 3. The highest BCUT2D eigenvalue weighted by atomic mass is 127. The molecule has 0 spiro atoms. The monoisotopic (exact) mass is 528 g/mol. The number of halogens is 1. The van der Waals surface area contributed by atoms with Gasteiger partial charge in [0.2, 0.25) is 5.91 Å². The van der Waals surface area contributed by atoms with Crippen LogP contribution < -0.4 is 16.0 Å². The number of benzene rings is 1. The SMILES string of the molecule is CCNC(=NCc1cccc(NC(=O)N2CCCC2)c1)NCC(=O)N1CCCC1.I. The molecule has 2 aliphatic heterocycles. The van der Waals surface area contributed by atoms with Gasteiger partial charge < -0.3 is 25.8 Å². The standard InChI is InChI=1S/C21H32N6O2.HI/c1-2-22-20(24-16-19(28)26-10-3-4-11-26)23-15-17-8-7-9-18(14-17)25-21(29)27-12-5-6-13-27;/h7-9,14H,2-6,10-13,15-16H2,1H3,(H,25,29)(H2,22,23,24);1H. The van der Waals surface area contributed by atoms with Gasteiger partial charge in [-0.05, 0) is 50.3 Å². The Morgan fingerprint density at radius 1 is 1.00 bits per heavy atom. The van der Waals surface area contributed by atoms with Gasteiger partial charge in [-0.2, -0.15) is 0 Å². The first-order valence-electron chi connectivity index (χ1n) is 10.6. The molecule has 2 saturated heterocycles. The summed E-state index contributed by atoms with van der Waals surface area (Å²) in [5, 5.41) is 9.26. The van der Waals surface area contributed by atoms with E-state index in [1.165, 1.54) is 0 Å². The molecule has 0 radical (unpaired) electrons. The van der Waals surface area contributed by atoms with E-state index in [4.69, 9.17) is 0 Å². The topological polar surface area (TPSA) is 89.1 Å². The highest BCUT2D eigenvalue weighted by Crippen LogP contribution is 2.14. The average Bonchev–Trinajstić information content (AvgIpc) is 3.44. The Hall–Kier alpha value is -2.04. The lowest BCUT2D eigenvalue weighted by Gasteiger charge is -2.17. The van der Waals surface area contributed by atoms with Gasteiger partial charge in [0.1, 0.15) is 0 Å². The number of anilines is 1. The van der Waals surface area contributed by atoms with Gasteiger partial charge in [-0.1, -0.05) is 12.1 Å². The minimum absolute atomic E-state index is 0. The van der Waals surface area contributed by atoms with Crippen LogP contribution in [0.25, 0.3) is 0 Å². The summed E-state index contributed by atoms with van der Waals surface area (Å²) in [6.45, 7) is 6.77. The Morgan fingerprint density at radius 3 is 2.33 bits per heavy atom. The van der Waals surface area contributed by atoms with E-state index in [2.05, 4.69) is 20.9 Å². The molecule has 3 amide bonds. The molecule has 30 heavy (non-hydrogen) atoms. The van der Waals surface area contributed by atoms with Crippen molar-refractivity contribution in [3.8, 4) is 0 Å². The number of rotatable bonds is 6. The van der Waals surface area contributed by atoms with Gasteiger partial charge in [0.05, 0.1) is 13.1 Å². The molecular formula is C21H33IN6O2. The summed E-state index contributed by atoms with van der Waals surface area (Å²) in [6.07, 6.45) is 4.32. The van der Waals surface area contributed by atoms with Crippen molar-refractivity contribution in [1.29, 1.82) is 0 Å². The number of nitrogens with zero attached hydrogens (tertiary/aromatic N) is 3. The van der Waals surface area contributed by atoms with Gasteiger partial charge in [0.15, 0.2) is 5.96 Å². The summed E-state index contributed by atoms with van der Waals surface area (Å²) in [6, 6.07) is 7.68. The minimum atomic E-state index is -0.0430. The molecule has 0 unspecified atom stereocenters. The lowest BCUT2D eigenvalue weighted by molar-refractivity contribution is -0.128. The molecule has 1 aromatic rings. The molecule has 0 atom stereocenters. The Bertz CT molecular complexity index is 730. The van der Waals surface area contributed by atoms with Crippen molar-refractivity contribution < 1.29 is 9.59 Å². The number of hydrogen-bond acceptors (Lipinski definition) is 3. The molecule has 0 aliphatic carbocycles. The van der Waals surface area contributed by atoms with Crippen LogP contribution >= 0.6 is 24.0 Å². The number of carbonyl (C=O) groups excluding carboxylic acids is 2. The smallest absolute Gasteiger partial charge is 0.321 e. The normalized spacial score (nSPS) is 16.2. The van der Waals surface area contributed by atoms with Gasteiger partial charge in [-0.15, -0.1) is 24.0 Å². The van der Waals surface area contributed by atoms with Crippen LogP contribution in [0.2, 0.25) is 0 Å². The Labute approximate surface area is 195 Å². The van der Waals surface area contributed by atoms with Crippen LogP contribution in [0.5, 0.6) is 0 Å². The maximum absolute atomic E-state index is 12.3. The number of amides is 3. The van der Waals surface area contributed by atoms with E-state index >= 15 is 0 Å². The number of urea groups is 1. The lowest BCUT2D eigenvalue weighted by atomic mass is 10.2. The van der Waals surface area contributed by atoms with Gasteiger partial charge in [0, 0.05) is 38.4 Å². The number of aliphatic imine (C=N–C) groups is 1. The van der Waals surface area contributed by atoms with Crippen LogP contribution in [-0.4, -0.2) is 67.0 Å². The fraction of sp³-hybridized carbons (Fsp3) is 0.571. The third-order valence-electron chi connectivity index (χ3n) is 5.20. The first-order chi connectivity index (χ1) is 14.2. The maximum atomic E-state index is 12.3. The van der Waals surface area contributed by atoms with Crippen LogP contribution in [0.15, 0.2) is 29.3 Å². The largest absolute Gasteiger partial charge is 0.357 e. The molecule has 2 aliphatic rings. The van der Waals surface area contributed by atoms with E-state index in [0.29, 0.717) is 12.5 Å². The molecule has 2 fully saturated rings. The van der Waals surface area contributed by atoms with Crippen LogP contribution in [0.4, 0.5) is 10.5 Å². The summed E-state index contributed by atoms with van der Waals surface area (Å²) in [4.78, 5) is 32.8. The number of hydrogen-bond donors (Lipinski definition) is 3. The second-order valence-electron chi connectivity index (χ2n) is 7.46. The third kappa shape index (κ3) is 7.33. The van der Waals surface area contributed by atoms with Crippen LogP contribution in [-0.2, 0) is 11.3 Å². The van der Waals surface area contributed by atoms with E-state index in [1.54, 1.807) is 0 Å². The maximum Gasteiger partial charge on any atom is 0.321 e. The molecule has 1 aromatic carbocycles. The average molecular weight is 528 g/mol. The molecule has 166 valence electrons. The zero-order valence-electron chi connectivity index (χ0n) is 17.7. The zero-order valence-corrected chi connectivity index (χ0v) is 20.0. The summed E-state index contributed by atoms with van der Waals surface area (Å²) in [7, 11) is 0. The number of likely N-dealkylation sites (tertiary alicyclic amines) is 2. The first kappa shape index (κ1) is 24.2. The Morgan fingerprint density at radius 2 is 1.67 bits per heavy atom. The van der Waals surface area contributed by atoms with Crippen molar-refractivity contribution in [2.75, 3.05) is 44.6 Å². The van der Waals surface area contributed by atoms with Crippen molar-refractivity contribution in [2.45, 2.75) is 39.2 Å². The minimum Gasteiger partial charge on any atom is -0.357 e. The summed E-state index contributed by atoms with van der Waals surface area (Å²) >= 11 is 0. The van der Waals surface area contributed by atoms with Crippen molar-refractivity contribution in [3.63, 3.8) is 0 Å². The van der Waals surface area contributed by atoms with E-state index in [9.17, 15) is 9.59 Å². The third-order valence-corrected chi connectivity index (χ3v) is 5.20. The van der Waals surface area contributed by atoms with Gasteiger partial charge in [0.25, 0.3) is 0 Å². The summed E-state index contributed by atoms with van der Waals surface area (Å²) < 4.78 is 0. The molecule has 0 saturated carbocycles. The van der Waals surface area contributed by atoms with Crippen LogP contribution in [0, 0.1) is 0 Å². The second kappa shape index (κ2) is 12.6. The quantitative estimate of drug-likeness (QED) is 0.301. The molecule has 2 heterocycles. The molecule has 8 nitrogen and oxygen atoms in total. The number of guanidine groups is 1. The predicted octanol–water partition coefficient (Wildman–Crippen LogP) is 2.61. The van der Waals surface area contributed by atoms with E-state index in [-0.39, 0.29) is 42.5 Å². The van der Waals surface area contributed by atoms with E-state index < -0.39 is 0 Å². The van der Waals surface area contributed by atoms with Gasteiger partial charge in [-0.3, -0.25) is 4.79 Å². The van der Waals surface area contributed by atoms with Crippen molar-refractivity contribution in [1.82, 2.24) is 20.4 Å². The summed E-state index contributed by atoms with van der Waals surface area (Å²) in [5.74, 6) is 0.728. The lowest BCUT2D eigenvalue weighted by Crippen LogP contribution is -2.44. The van der Waals surface area contributed by atoms with Gasteiger partial charge in [-0.25, -0.2) is 9.79 Å². The molecule has 0 bridgehead atoms. The molecule has 3 N–H and O–H groups in total. The molecular weight excluding hydrogens is 495 g/mol. The number of carbonyl (C=O) groups is 2. The van der Waals surface area contributed by atoms with Crippen molar-refractivity contribution in [3.05, 3.63) is 29.8 Å². The first-order valence-corrected chi connectivity index (χ1v) is 10.6. The van der Waals surface area contributed by atoms with Crippen LogP contribution in [0.1, 0.15) is 38.2 Å². The Balaban J connectivity index is 0.00000320. The van der Waals surface area contributed by atoms with Gasteiger partial charge >= 0.3 is 6.03 Å². The molecule has 9 heteroatoms. The second-order valence-corrected chi connectivity index (χ2v) is 7.46. The van der Waals surface area contributed by atoms with E-state index in [1.807, 2.05) is 41.0 Å². The zero-order chi connectivity index (χ0) is 20.5. The highest BCUT2D eigenvalue weighted by Gasteiger charge is 2.18. The fourth-order valence-electron chi connectivity index (χ4n) is 3.62. The predicted molar refractivity (Wildman–Crippen MR) is 130 cm³/mol. The van der Waals surface area contributed by atoms with Crippen molar-refractivity contribution in [2.24, 2.45) is 4.99 Å². The Kier molecular flexibility index (Phi) is 10.2. The molecule has 3 rings (SSSR count). The highest BCUT2D eigenvalue weighted by molar-refractivity contribution is 14.0. The fourth-order valence-corrected chi connectivity index (χ4v) is 3.62.